The van der Waals surface area contributed by atoms with Crippen LogP contribution < -0.4 is 4.74 Å². The lowest BCUT2D eigenvalue weighted by Crippen LogP contribution is -2.47. The van der Waals surface area contributed by atoms with Gasteiger partial charge in [0.1, 0.15) is 12.4 Å². The van der Waals surface area contributed by atoms with Crippen LogP contribution in [-0.2, 0) is 6.54 Å². The summed E-state index contributed by atoms with van der Waals surface area (Å²) in [5.74, 6) is 0.977. The molecule has 1 aromatic heterocycles. The first-order chi connectivity index (χ1) is 11.0. The monoisotopic (exact) mass is 330 g/mol. The van der Waals surface area contributed by atoms with E-state index in [9.17, 15) is 4.79 Å². The van der Waals surface area contributed by atoms with Crippen molar-refractivity contribution in [3.05, 3.63) is 51.7 Å². The molecule has 0 N–H and O–H groups in total. The van der Waals surface area contributed by atoms with Gasteiger partial charge in [-0.15, -0.1) is 11.3 Å². The van der Waals surface area contributed by atoms with Crippen LogP contribution in [0.15, 0.2) is 35.7 Å². The van der Waals surface area contributed by atoms with E-state index < -0.39 is 0 Å². The smallest absolute Gasteiger partial charge is 0.264 e. The Morgan fingerprint density at radius 3 is 2.91 bits per heavy atom. The van der Waals surface area contributed by atoms with Crippen LogP contribution in [0.3, 0.4) is 0 Å². The predicted octanol–water partition coefficient (Wildman–Crippen LogP) is 3.02. The summed E-state index contributed by atoms with van der Waals surface area (Å²) in [6.45, 7) is 3.95. The standard InChI is InChI=1S/C18H22N2O2S/c1-13-6-7-16-14(9-13)10-20(15(12-22-16)11-19(2)3)18(21)17-5-4-8-23-17/h4-9,15H,10-12H2,1-3H3/t15-/m1/s1. The Morgan fingerprint density at radius 1 is 1.39 bits per heavy atom. The van der Waals surface area contributed by atoms with E-state index in [1.54, 1.807) is 0 Å². The maximum atomic E-state index is 13.0. The Kier molecular flexibility index (Phi) is 4.68. The third-order valence-corrected chi connectivity index (χ3v) is 4.86. The molecule has 0 radical (unpaired) electrons. The minimum atomic E-state index is 0.0345. The van der Waals surface area contributed by atoms with Gasteiger partial charge in [0.25, 0.3) is 5.91 Å². The number of carbonyl (C=O) groups excluding carboxylic acids is 1. The van der Waals surface area contributed by atoms with Crippen LogP contribution in [0.1, 0.15) is 20.8 Å². The number of thiophene rings is 1. The average molecular weight is 330 g/mol. The van der Waals surface area contributed by atoms with Gasteiger partial charge in [-0.25, -0.2) is 0 Å². The molecule has 1 aliphatic rings. The predicted molar refractivity (Wildman–Crippen MR) is 93.2 cm³/mol. The maximum absolute atomic E-state index is 13.0. The lowest BCUT2D eigenvalue weighted by molar-refractivity contribution is 0.0588. The van der Waals surface area contributed by atoms with Crippen molar-refractivity contribution in [2.24, 2.45) is 0 Å². The van der Waals surface area contributed by atoms with Crippen LogP contribution in [0.5, 0.6) is 5.75 Å². The van der Waals surface area contributed by atoms with Crippen LogP contribution in [-0.4, -0.2) is 49.0 Å². The van der Waals surface area contributed by atoms with E-state index in [1.807, 2.05) is 42.6 Å². The number of nitrogens with zero attached hydrogens (tertiary/aromatic N) is 2. The molecule has 1 atom stereocenters. The molecule has 0 fully saturated rings. The highest BCUT2D eigenvalue weighted by Crippen LogP contribution is 2.28. The van der Waals surface area contributed by atoms with Crippen LogP contribution in [0, 0.1) is 6.92 Å². The second-order valence-corrected chi connectivity index (χ2v) is 7.20. The van der Waals surface area contributed by atoms with Crippen molar-refractivity contribution in [2.45, 2.75) is 19.5 Å². The van der Waals surface area contributed by atoms with Crippen molar-refractivity contribution in [1.82, 2.24) is 9.80 Å². The van der Waals surface area contributed by atoms with Crippen LogP contribution in [0.2, 0.25) is 0 Å². The number of ether oxygens (including phenoxy) is 1. The number of fused-ring (bicyclic) bond motifs is 1. The van der Waals surface area contributed by atoms with E-state index in [0.717, 1.165) is 22.7 Å². The molecule has 122 valence electrons. The summed E-state index contributed by atoms with van der Waals surface area (Å²) in [6, 6.07) is 10.0. The molecule has 0 unspecified atom stereocenters. The first-order valence-corrected chi connectivity index (χ1v) is 8.64. The molecule has 2 aromatic rings. The third-order valence-electron chi connectivity index (χ3n) is 4.00. The fourth-order valence-corrected chi connectivity index (χ4v) is 3.59. The van der Waals surface area contributed by atoms with Crippen molar-refractivity contribution >= 4 is 17.2 Å². The van der Waals surface area contributed by atoms with Crippen molar-refractivity contribution in [3.63, 3.8) is 0 Å². The molecule has 5 heteroatoms. The van der Waals surface area contributed by atoms with Gasteiger partial charge in [-0.05, 0) is 38.5 Å². The zero-order valence-corrected chi connectivity index (χ0v) is 14.6. The van der Waals surface area contributed by atoms with Crippen LogP contribution in [0.25, 0.3) is 0 Å². The van der Waals surface area contributed by atoms with Gasteiger partial charge in [-0.2, -0.15) is 0 Å². The highest BCUT2D eigenvalue weighted by molar-refractivity contribution is 7.12. The Morgan fingerprint density at radius 2 is 2.22 bits per heavy atom. The lowest BCUT2D eigenvalue weighted by atomic mass is 10.1. The average Bonchev–Trinajstić information content (AvgIpc) is 2.98. The summed E-state index contributed by atoms with van der Waals surface area (Å²) in [7, 11) is 4.05. The van der Waals surface area contributed by atoms with Gasteiger partial charge in [0.15, 0.2) is 0 Å². The zero-order valence-electron chi connectivity index (χ0n) is 13.8. The molecule has 4 nitrogen and oxygen atoms in total. The summed E-state index contributed by atoms with van der Waals surface area (Å²) in [4.78, 5) is 17.8. The lowest BCUT2D eigenvalue weighted by Gasteiger charge is -2.31. The van der Waals surface area contributed by atoms with E-state index >= 15 is 0 Å². The Balaban J connectivity index is 1.94. The van der Waals surface area contributed by atoms with E-state index in [-0.39, 0.29) is 11.9 Å². The number of benzene rings is 1. The summed E-state index contributed by atoms with van der Waals surface area (Å²) < 4.78 is 6.00. The molecule has 23 heavy (non-hydrogen) atoms. The van der Waals surface area contributed by atoms with Crippen molar-refractivity contribution < 1.29 is 9.53 Å². The number of likely N-dealkylation sites (N-methyl/N-ethyl adjacent to an activating group) is 1. The van der Waals surface area contributed by atoms with E-state index in [0.29, 0.717) is 13.2 Å². The van der Waals surface area contributed by atoms with Gasteiger partial charge in [0, 0.05) is 12.1 Å². The summed E-state index contributed by atoms with van der Waals surface area (Å²) >= 11 is 1.49. The number of hydrogen-bond donors (Lipinski definition) is 0. The van der Waals surface area contributed by atoms with Gasteiger partial charge in [-0.3, -0.25) is 4.79 Å². The first-order valence-electron chi connectivity index (χ1n) is 7.76. The summed E-state index contributed by atoms with van der Waals surface area (Å²) in [6.07, 6.45) is 0. The molecular formula is C18H22N2O2S. The molecule has 1 aromatic carbocycles. The minimum Gasteiger partial charge on any atom is -0.491 e. The highest BCUT2D eigenvalue weighted by atomic mass is 32.1. The molecule has 0 bridgehead atoms. The van der Waals surface area contributed by atoms with Crippen molar-refractivity contribution in [3.8, 4) is 5.75 Å². The Labute approximate surface area is 141 Å². The zero-order chi connectivity index (χ0) is 16.4. The van der Waals surface area contributed by atoms with Gasteiger partial charge in [0.05, 0.1) is 17.5 Å². The maximum Gasteiger partial charge on any atom is 0.264 e. The van der Waals surface area contributed by atoms with Crippen molar-refractivity contribution in [1.29, 1.82) is 0 Å². The number of hydrogen-bond acceptors (Lipinski definition) is 4. The minimum absolute atomic E-state index is 0.0345. The molecule has 1 aliphatic heterocycles. The van der Waals surface area contributed by atoms with E-state index in [4.69, 9.17) is 4.74 Å². The normalized spacial score (nSPS) is 17.6. The van der Waals surface area contributed by atoms with Gasteiger partial charge in [0.2, 0.25) is 0 Å². The fourth-order valence-electron chi connectivity index (χ4n) is 2.91. The van der Waals surface area contributed by atoms with E-state index in [1.165, 1.54) is 16.9 Å². The molecule has 0 saturated heterocycles. The molecule has 1 amide bonds. The Hall–Kier alpha value is -1.85. The van der Waals surface area contributed by atoms with Gasteiger partial charge < -0.3 is 14.5 Å². The number of carbonyl (C=O) groups is 1. The largest absolute Gasteiger partial charge is 0.491 e. The van der Waals surface area contributed by atoms with Gasteiger partial charge >= 0.3 is 0 Å². The summed E-state index contributed by atoms with van der Waals surface area (Å²) in [5, 5.41) is 1.95. The van der Waals surface area contributed by atoms with Gasteiger partial charge in [-0.1, -0.05) is 23.8 Å². The van der Waals surface area contributed by atoms with Crippen LogP contribution >= 0.6 is 11.3 Å². The Bertz CT molecular complexity index is 682. The molecule has 2 heterocycles. The van der Waals surface area contributed by atoms with E-state index in [2.05, 4.69) is 24.0 Å². The molecule has 0 aliphatic carbocycles. The topological polar surface area (TPSA) is 32.8 Å². The molecule has 0 saturated carbocycles. The molecular weight excluding hydrogens is 308 g/mol. The number of aryl methyl sites for hydroxylation is 1. The number of amides is 1. The first kappa shape index (κ1) is 16.0. The third kappa shape index (κ3) is 3.57. The second-order valence-electron chi connectivity index (χ2n) is 6.25. The molecule has 3 rings (SSSR count). The number of rotatable bonds is 3. The van der Waals surface area contributed by atoms with Crippen LogP contribution in [0.4, 0.5) is 0 Å². The molecule has 0 spiro atoms. The SMILES string of the molecule is Cc1ccc2c(c1)CN(C(=O)c1cccs1)[C@H](CN(C)C)CO2. The summed E-state index contributed by atoms with van der Waals surface area (Å²) in [5.41, 5.74) is 2.26. The van der Waals surface area contributed by atoms with Crippen molar-refractivity contribution in [2.75, 3.05) is 27.2 Å². The fraction of sp³-hybridized carbons (Fsp3) is 0.389. The quantitative estimate of drug-likeness (QED) is 0.867. The highest BCUT2D eigenvalue weighted by Gasteiger charge is 2.30. The second kappa shape index (κ2) is 6.72.